The quantitative estimate of drug-likeness (QED) is 0.867. The molecule has 1 aliphatic heterocycles. The Kier molecular flexibility index (Phi) is 5.47. The molecule has 1 fully saturated rings. The lowest BCUT2D eigenvalue weighted by atomic mass is 9.82. The SMILES string of the molecule is CCCC1(Cc2cc(C)ccc2OC)CCCCCN1. The second-order valence-corrected chi connectivity index (χ2v) is 6.26. The van der Waals surface area contributed by atoms with E-state index in [-0.39, 0.29) is 5.54 Å². The summed E-state index contributed by atoms with van der Waals surface area (Å²) in [6, 6.07) is 6.54. The maximum Gasteiger partial charge on any atom is 0.122 e. The van der Waals surface area contributed by atoms with Crippen molar-refractivity contribution in [3.63, 3.8) is 0 Å². The summed E-state index contributed by atoms with van der Waals surface area (Å²) in [7, 11) is 1.78. The van der Waals surface area contributed by atoms with Crippen LogP contribution in [0.4, 0.5) is 0 Å². The molecule has 0 aromatic heterocycles. The van der Waals surface area contributed by atoms with Gasteiger partial charge in [-0.05, 0) is 50.8 Å². The number of hydrogen-bond donors (Lipinski definition) is 1. The molecule has 1 aromatic carbocycles. The minimum Gasteiger partial charge on any atom is -0.496 e. The molecule has 0 bridgehead atoms. The summed E-state index contributed by atoms with van der Waals surface area (Å²) in [5, 5.41) is 3.86. The zero-order chi connectivity index (χ0) is 14.4. The summed E-state index contributed by atoms with van der Waals surface area (Å²) in [5.74, 6) is 1.04. The van der Waals surface area contributed by atoms with Crippen molar-refractivity contribution in [2.75, 3.05) is 13.7 Å². The Morgan fingerprint density at radius 1 is 1.25 bits per heavy atom. The fourth-order valence-corrected chi connectivity index (χ4v) is 3.55. The van der Waals surface area contributed by atoms with Crippen molar-refractivity contribution in [1.29, 1.82) is 0 Å². The van der Waals surface area contributed by atoms with Crippen molar-refractivity contribution in [2.24, 2.45) is 0 Å². The van der Waals surface area contributed by atoms with Gasteiger partial charge in [-0.2, -0.15) is 0 Å². The molecule has 2 nitrogen and oxygen atoms in total. The average molecular weight is 275 g/mol. The van der Waals surface area contributed by atoms with E-state index in [0.717, 1.165) is 18.7 Å². The summed E-state index contributed by atoms with van der Waals surface area (Å²) in [5.41, 5.74) is 2.95. The maximum absolute atomic E-state index is 5.57. The van der Waals surface area contributed by atoms with Gasteiger partial charge in [-0.25, -0.2) is 0 Å². The van der Waals surface area contributed by atoms with Gasteiger partial charge in [0.15, 0.2) is 0 Å². The first-order valence-electron chi connectivity index (χ1n) is 8.08. The predicted molar refractivity (Wildman–Crippen MR) is 85.5 cm³/mol. The molecule has 0 amide bonds. The van der Waals surface area contributed by atoms with Gasteiger partial charge >= 0.3 is 0 Å². The van der Waals surface area contributed by atoms with Crippen LogP contribution in [0, 0.1) is 6.92 Å². The molecule has 2 rings (SSSR count). The maximum atomic E-state index is 5.57. The third-order valence-corrected chi connectivity index (χ3v) is 4.53. The average Bonchev–Trinajstić information content (AvgIpc) is 2.65. The topological polar surface area (TPSA) is 21.3 Å². The number of aryl methyl sites for hydroxylation is 1. The van der Waals surface area contributed by atoms with Crippen molar-refractivity contribution in [3.05, 3.63) is 29.3 Å². The lowest BCUT2D eigenvalue weighted by Crippen LogP contribution is -2.46. The van der Waals surface area contributed by atoms with Crippen LogP contribution in [0.25, 0.3) is 0 Å². The van der Waals surface area contributed by atoms with Crippen molar-refractivity contribution < 1.29 is 4.74 Å². The van der Waals surface area contributed by atoms with E-state index in [9.17, 15) is 0 Å². The first kappa shape index (κ1) is 15.4. The van der Waals surface area contributed by atoms with Gasteiger partial charge in [0.25, 0.3) is 0 Å². The normalized spacial score (nSPS) is 23.4. The highest BCUT2D eigenvalue weighted by atomic mass is 16.5. The molecular formula is C18H29NO. The van der Waals surface area contributed by atoms with Gasteiger partial charge in [-0.15, -0.1) is 0 Å². The van der Waals surface area contributed by atoms with Crippen LogP contribution in [0.3, 0.4) is 0 Å². The van der Waals surface area contributed by atoms with Crippen molar-refractivity contribution in [1.82, 2.24) is 5.32 Å². The van der Waals surface area contributed by atoms with Crippen molar-refractivity contribution >= 4 is 0 Å². The van der Waals surface area contributed by atoms with Crippen molar-refractivity contribution in [3.8, 4) is 5.75 Å². The highest BCUT2D eigenvalue weighted by molar-refractivity contribution is 5.38. The van der Waals surface area contributed by atoms with E-state index in [1.54, 1.807) is 7.11 Å². The predicted octanol–water partition coefficient (Wildman–Crippen LogP) is 4.25. The fourth-order valence-electron chi connectivity index (χ4n) is 3.55. The van der Waals surface area contributed by atoms with E-state index in [1.807, 2.05) is 0 Å². The summed E-state index contributed by atoms with van der Waals surface area (Å²) in [6.07, 6.45) is 8.90. The number of hydrogen-bond acceptors (Lipinski definition) is 2. The summed E-state index contributed by atoms with van der Waals surface area (Å²) < 4.78 is 5.57. The van der Waals surface area contributed by atoms with Crippen molar-refractivity contribution in [2.45, 2.75) is 64.3 Å². The van der Waals surface area contributed by atoms with Gasteiger partial charge in [0.1, 0.15) is 5.75 Å². The second-order valence-electron chi connectivity index (χ2n) is 6.26. The fraction of sp³-hybridized carbons (Fsp3) is 0.667. The highest BCUT2D eigenvalue weighted by Gasteiger charge is 2.30. The van der Waals surface area contributed by atoms with E-state index >= 15 is 0 Å². The third kappa shape index (κ3) is 3.76. The zero-order valence-electron chi connectivity index (χ0n) is 13.3. The summed E-state index contributed by atoms with van der Waals surface area (Å²) >= 11 is 0. The molecule has 20 heavy (non-hydrogen) atoms. The standard InChI is InChI=1S/C18H29NO/c1-4-10-18(11-6-5-7-12-19-18)14-16-13-15(2)8-9-17(16)20-3/h8-9,13,19H,4-7,10-12,14H2,1-3H3. The van der Waals surface area contributed by atoms with E-state index in [2.05, 4.69) is 37.4 Å². The zero-order valence-corrected chi connectivity index (χ0v) is 13.3. The van der Waals surface area contributed by atoms with Gasteiger partial charge < -0.3 is 10.1 Å². The van der Waals surface area contributed by atoms with E-state index < -0.39 is 0 Å². The van der Waals surface area contributed by atoms with Crippen LogP contribution in [0.1, 0.15) is 56.6 Å². The van der Waals surface area contributed by atoms with Crippen LogP contribution < -0.4 is 10.1 Å². The summed E-state index contributed by atoms with van der Waals surface area (Å²) in [6.45, 7) is 5.62. The number of benzene rings is 1. The van der Waals surface area contributed by atoms with E-state index in [4.69, 9.17) is 4.74 Å². The first-order chi connectivity index (χ1) is 9.69. The first-order valence-corrected chi connectivity index (χ1v) is 8.08. The van der Waals surface area contributed by atoms with Crippen LogP contribution in [0.5, 0.6) is 5.75 Å². The van der Waals surface area contributed by atoms with Crippen LogP contribution in [0.15, 0.2) is 18.2 Å². The minimum absolute atomic E-state index is 0.270. The van der Waals surface area contributed by atoms with E-state index in [1.165, 1.54) is 49.7 Å². The molecule has 1 saturated heterocycles. The lowest BCUT2D eigenvalue weighted by molar-refractivity contribution is 0.284. The number of nitrogens with one attached hydrogen (secondary N) is 1. The Labute approximate surface area is 123 Å². The smallest absolute Gasteiger partial charge is 0.122 e. The Morgan fingerprint density at radius 2 is 2.10 bits per heavy atom. The van der Waals surface area contributed by atoms with Crippen LogP contribution >= 0.6 is 0 Å². The molecule has 0 aliphatic carbocycles. The van der Waals surface area contributed by atoms with Gasteiger partial charge in [-0.1, -0.05) is 43.9 Å². The largest absolute Gasteiger partial charge is 0.496 e. The highest BCUT2D eigenvalue weighted by Crippen LogP contribution is 2.31. The van der Waals surface area contributed by atoms with Crippen LogP contribution in [-0.4, -0.2) is 19.2 Å². The lowest BCUT2D eigenvalue weighted by Gasteiger charge is -2.34. The van der Waals surface area contributed by atoms with Gasteiger partial charge in [0.05, 0.1) is 7.11 Å². The van der Waals surface area contributed by atoms with Gasteiger partial charge in [0, 0.05) is 5.54 Å². The molecule has 1 N–H and O–H groups in total. The Morgan fingerprint density at radius 3 is 2.85 bits per heavy atom. The monoisotopic (exact) mass is 275 g/mol. The van der Waals surface area contributed by atoms with E-state index in [0.29, 0.717) is 0 Å². The molecule has 1 aliphatic rings. The summed E-state index contributed by atoms with van der Waals surface area (Å²) in [4.78, 5) is 0. The minimum atomic E-state index is 0.270. The molecule has 1 unspecified atom stereocenters. The molecule has 2 heteroatoms. The van der Waals surface area contributed by atoms with Gasteiger partial charge in [0.2, 0.25) is 0 Å². The molecule has 112 valence electrons. The van der Waals surface area contributed by atoms with Gasteiger partial charge in [-0.3, -0.25) is 0 Å². The molecule has 0 spiro atoms. The Balaban J connectivity index is 2.24. The molecule has 1 heterocycles. The molecule has 0 saturated carbocycles. The molecule has 1 aromatic rings. The second kappa shape index (κ2) is 7.12. The Bertz CT molecular complexity index is 419. The molecular weight excluding hydrogens is 246 g/mol. The van der Waals surface area contributed by atoms with Crippen LogP contribution in [-0.2, 0) is 6.42 Å². The number of ether oxygens (including phenoxy) is 1. The van der Waals surface area contributed by atoms with Crippen LogP contribution in [0.2, 0.25) is 0 Å². The number of methoxy groups -OCH3 is 1. The Hall–Kier alpha value is -1.02. The third-order valence-electron chi connectivity index (χ3n) is 4.53. The molecule has 0 radical (unpaired) electrons. The number of rotatable bonds is 5. The molecule has 1 atom stereocenters.